The molecule has 0 heterocycles. The van der Waals surface area contributed by atoms with Crippen molar-refractivity contribution in [3.05, 3.63) is 70.8 Å². The summed E-state index contributed by atoms with van der Waals surface area (Å²) >= 11 is 0. The molecule has 0 aromatic heterocycles. The summed E-state index contributed by atoms with van der Waals surface area (Å²) in [5, 5.41) is 12.1. The number of primary amides is 1. The highest BCUT2D eigenvalue weighted by Crippen LogP contribution is 2.31. The molecule has 0 saturated heterocycles. The lowest BCUT2D eigenvalue weighted by Crippen LogP contribution is -2.47. The summed E-state index contributed by atoms with van der Waals surface area (Å²) in [5.74, 6) is -2.22. The average molecular weight is 434 g/mol. The lowest BCUT2D eigenvalue weighted by atomic mass is 10.0. The summed E-state index contributed by atoms with van der Waals surface area (Å²) in [6, 6.07) is 5.69. The Morgan fingerprint density at radius 3 is 2.00 bits per heavy atom. The molecule has 0 aliphatic carbocycles. The third-order valence-electron chi connectivity index (χ3n) is 4.16. The Morgan fingerprint density at radius 2 is 1.50 bits per heavy atom. The van der Waals surface area contributed by atoms with Crippen LogP contribution in [0.5, 0.6) is 0 Å². The SMILES string of the molecule is NC(=O)[C@@H](Cc1cccc(C(F)(F)F)c1)NC(=O)[C@H](O)c1ccc(C(F)(F)F)cc1. The van der Waals surface area contributed by atoms with Gasteiger partial charge in [-0.3, -0.25) is 9.59 Å². The van der Waals surface area contributed by atoms with E-state index in [1.807, 2.05) is 0 Å². The van der Waals surface area contributed by atoms with E-state index >= 15 is 0 Å². The van der Waals surface area contributed by atoms with E-state index in [1.54, 1.807) is 0 Å². The van der Waals surface area contributed by atoms with E-state index in [-0.39, 0.29) is 17.5 Å². The largest absolute Gasteiger partial charge is 0.416 e. The zero-order valence-electron chi connectivity index (χ0n) is 15.1. The van der Waals surface area contributed by atoms with Gasteiger partial charge in [0.1, 0.15) is 6.04 Å². The van der Waals surface area contributed by atoms with Crippen molar-refractivity contribution in [3.8, 4) is 0 Å². The fourth-order valence-corrected chi connectivity index (χ4v) is 2.59. The second kappa shape index (κ2) is 8.74. The van der Waals surface area contributed by atoms with Gasteiger partial charge >= 0.3 is 12.4 Å². The fraction of sp³-hybridized carbons (Fsp3) is 0.263. The molecule has 0 unspecified atom stereocenters. The molecule has 2 aromatic rings. The first-order chi connectivity index (χ1) is 13.8. The number of aliphatic hydroxyl groups excluding tert-OH is 1. The maximum absolute atomic E-state index is 12.8. The molecule has 0 spiro atoms. The Labute approximate surface area is 166 Å². The van der Waals surface area contributed by atoms with E-state index in [0.717, 1.165) is 30.3 Å². The highest BCUT2D eigenvalue weighted by Gasteiger charge is 2.32. The first-order valence-electron chi connectivity index (χ1n) is 8.40. The van der Waals surface area contributed by atoms with Gasteiger partial charge in [0.25, 0.3) is 5.91 Å². The van der Waals surface area contributed by atoms with Crippen molar-refractivity contribution in [3.63, 3.8) is 0 Å². The predicted molar refractivity (Wildman–Crippen MR) is 92.7 cm³/mol. The third-order valence-corrected chi connectivity index (χ3v) is 4.16. The normalized spacial score (nSPS) is 14.1. The van der Waals surface area contributed by atoms with Crippen LogP contribution in [-0.4, -0.2) is 23.0 Å². The van der Waals surface area contributed by atoms with Crippen LogP contribution in [-0.2, 0) is 28.4 Å². The highest BCUT2D eigenvalue weighted by molar-refractivity contribution is 5.89. The molecule has 0 aliphatic rings. The van der Waals surface area contributed by atoms with Crippen LogP contribution in [0.4, 0.5) is 26.3 Å². The minimum absolute atomic E-state index is 0.0537. The molecular formula is C19H16F6N2O3. The lowest BCUT2D eigenvalue weighted by Gasteiger charge is -2.19. The van der Waals surface area contributed by atoms with E-state index < -0.39 is 47.4 Å². The van der Waals surface area contributed by atoms with Crippen molar-refractivity contribution in [1.82, 2.24) is 5.32 Å². The number of hydrogen-bond donors (Lipinski definition) is 3. The van der Waals surface area contributed by atoms with Crippen molar-refractivity contribution in [2.24, 2.45) is 5.73 Å². The smallest absolute Gasteiger partial charge is 0.378 e. The maximum Gasteiger partial charge on any atom is 0.416 e. The number of alkyl halides is 6. The molecular weight excluding hydrogens is 418 g/mol. The molecule has 2 rings (SSSR count). The van der Waals surface area contributed by atoms with Crippen molar-refractivity contribution in [2.45, 2.75) is 30.9 Å². The minimum Gasteiger partial charge on any atom is -0.378 e. The minimum atomic E-state index is -4.61. The summed E-state index contributed by atoms with van der Waals surface area (Å²) in [4.78, 5) is 23.8. The molecule has 2 amide bonds. The van der Waals surface area contributed by atoms with Gasteiger partial charge in [0.05, 0.1) is 11.1 Å². The van der Waals surface area contributed by atoms with E-state index in [4.69, 9.17) is 5.73 Å². The molecule has 11 heteroatoms. The number of rotatable bonds is 6. The first-order valence-corrected chi connectivity index (χ1v) is 8.40. The van der Waals surface area contributed by atoms with Crippen molar-refractivity contribution >= 4 is 11.8 Å². The van der Waals surface area contributed by atoms with Gasteiger partial charge in [-0.05, 0) is 29.3 Å². The zero-order valence-corrected chi connectivity index (χ0v) is 15.1. The summed E-state index contributed by atoms with van der Waals surface area (Å²) in [7, 11) is 0. The third kappa shape index (κ3) is 5.96. The summed E-state index contributed by atoms with van der Waals surface area (Å²) in [6.07, 6.45) is -11.5. The van der Waals surface area contributed by atoms with Crippen molar-refractivity contribution < 1.29 is 41.0 Å². The number of carbonyl (C=O) groups excluding carboxylic acids is 2. The van der Waals surface area contributed by atoms with Crippen LogP contribution in [0.1, 0.15) is 28.4 Å². The molecule has 0 saturated carbocycles. The molecule has 0 fully saturated rings. The van der Waals surface area contributed by atoms with Gasteiger partial charge in [0.15, 0.2) is 6.10 Å². The quantitative estimate of drug-likeness (QED) is 0.611. The fourth-order valence-electron chi connectivity index (χ4n) is 2.59. The number of hydrogen-bond acceptors (Lipinski definition) is 3. The van der Waals surface area contributed by atoms with E-state index in [0.29, 0.717) is 12.1 Å². The Morgan fingerprint density at radius 1 is 0.933 bits per heavy atom. The maximum atomic E-state index is 12.8. The molecule has 0 radical (unpaired) electrons. The van der Waals surface area contributed by atoms with Crippen LogP contribution in [0.25, 0.3) is 0 Å². The average Bonchev–Trinajstić information content (AvgIpc) is 2.65. The number of aliphatic hydroxyl groups is 1. The molecule has 162 valence electrons. The monoisotopic (exact) mass is 434 g/mol. The van der Waals surface area contributed by atoms with Crippen LogP contribution in [0.2, 0.25) is 0 Å². The number of nitrogens with two attached hydrogens (primary N) is 1. The Balaban J connectivity index is 2.13. The summed E-state index contributed by atoms with van der Waals surface area (Å²) in [6.45, 7) is 0. The van der Waals surface area contributed by atoms with Crippen molar-refractivity contribution in [2.75, 3.05) is 0 Å². The summed E-state index contributed by atoms with van der Waals surface area (Å²) in [5.41, 5.74) is 3.11. The van der Waals surface area contributed by atoms with E-state index in [2.05, 4.69) is 5.32 Å². The number of benzene rings is 2. The van der Waals surface area contributed by atoms with Gasteiger partial charge < -0.3 is 16.2 Å². The molecule has 0 bridgehead atoms. The van der Waals surface area contributed by atoms with Gasteiger partial charge in [-0.2, -0.15) is 26.3 Å². The first kappa shape index (κ1) is 23.2. The van der Waals surface area contributed by atoms with Crippen LogP contribution in [0.15, 0.2) is 48.5 Å². The Kier molecular flexibility index (Phi) is 6.76. The Hall–Kier alpha value is -3.08. The number of nitrogens with one attached hydrogen (secondary N) is 1. The van der Waals surface area contributed by atoms with Gasteiger partial charge in [0.2, 0.25) is 5.91 Å². The van der Waals surface area contributed by atoms with E-state index in [1.165, 1.54) is 6.07 Å². The number of amides is 2. The van der Waals surface area contributed by atoms with Gasteiger partial charge in [0, 0.05) is 6.42 Å². The predicted octanol–water partition coefficient (Wildman–Crippen LogP) is 2.97. The molecule has 5 nitrogen and oxygen atoms in total. The molecule has 30 heavy (non-hydrogen) atoms. The summed E-state index contributed by atoms with van der Waals surface area (Å²) < 4.78 is 76.2. The van der Waals surface area contributed by atoms with Gasteiger partial charge in [-0.1, -0.05) is 30.3 Å². The number of halogens is 6. The lowest BCUT2D eigenvalue weighted by molar-refractivity contribution is -0.138. The van der Waals surface area contributed by atoms with Crippen LogP contribution in [0, 0.1) is 0 Å². The van der Waals surface area contributed by atoms with Gasteiger partial charge in [-0.25, -0.2) is 0 Å². The van der Waals surface area contributed by atoms with Gasteiger partial charge in [-0.15, -0.1) is 0 Å². The van der Waals surface area contributed by atoms with Crippen LogP contribution >= 0.6 is 0 Å². The topological polar surface area (TPSA) is 92.4 Å². The van der Waals surface area contributed by atoms with Crippen LogP contribution in [0.3, 0.4) is 0 Å². The van der Waals surface area contributed by atoms with E-state index in [9.17, 15) is 41.0 Å². The standard InChI is InChI=1S/C19H16F6N2O3/c20-18(21,22)12-6-4-11(5-7-12)15(28)17(30)27-14(16(26)29)9-10-2-1-3-13(8-10)19(23,24)25/h1-8,14-15,28H,9H2,(H2,26,29)(H,27,30)/t14-,15-/m1/s1. The Bertz CT molecular complexity index is 910. The highest BCUT2D eigenvalue weighted by atomic mass is 19.4. The van der Waals surface area contributed by atoms with Crippen molar-refractivity contribution in [1.29, 1.82) is 0 Å². The molecule has 2 aromatic carbocycles. The molecule has 2 atom stereocenters. The molecule has 4 N–H and O–H groups in total. The second-order valence-electron chi connectivity index (χ2n) is 6.39. The zero-order chi connectivity index (χ0) is 22.7. The second-order valence-corrected chi connectivity index (χ2v) is 6.39. The number of carbonyl (C=O) groups is 2. The van der Waals surface area contributed by atoms with Crippen LogP contribution < -0.4 is 11.1 Å². The molecule has 0 aliphatic heterocycles.